The Balaban J connectivity index is 0.000000198. The van der Waals surface area contributed by atoms with Crippen LogP contribution >= 0.6 is 0 Å². The molecule has 0 bridgehead atoms. The second-order valence-electron chi connectivity index (χ2n) is 35.6. The smallest absolute Gasteiger partial charge is 0.410 e. The fourth-order valence-corrected chi connectivity index (χ4v) is 16.6. The van der Waals surface area contributed by atoms with Crippen LogP contribution in [-0.2, 0) is 33.3 Å². The van der Waals surface area contributed by atoms with Gasteiger partial charge in [-0.05, 0) is 207 Å². The van der Waals surface area contributed by atoms with Crippen LogP contribution in [0.15, 0.2) is 146 Å². The van der Waals surface area contributed by atoms with Crippen molar-refractivity contribution in [1.29, 1.82) is 0 Å². The maximum Gasteiger partial charge on any atom is 0.410 e. The zero-order chi connectivity index (χ0) is 86.9. The van der Waals surface area contributed by atoms with Crippen LogP contribution in [-0.4, -0.2) is 185 Å². The summed E-state index contributed by atoms with van der Waals surface area (Å²) in [6, 6.07) is 40.2. The number of methoxy groups -OCH3 is 2. The Morgan fingerprint density at radius 2 is 0.664 bits per heavy atom. The number of ether oxygens (including phenoxy) is 5. The van der Waals surface area contributed by atoms with Crippen molar-refractivity contribution in [3.63, 3.8) is 0 Å². The van der Waals surface area contributed by atoms with Crippen LogP contribution in [0.4, 0.5) is 19.2 Å². The topological polar surface area (TPSA) is 321 Å². The van der Waals surface area contributed by atoms with Gasteiger partial charge in [0.15, 0.2) is 0 Å². The van der Waals surface area contributed by atoms with E-state index in [0.717, 1.165) is 175 Å². The van der Waals surface area contributed by atoms with Crippen molar-refractivity contribution in [2.24, 2.45) is 29.6 Å². The first-order valence-electron chi connectivity index (χ1n) is 43.5. The van der Waals surface area contributed by atoms with Crippen molar-refractivity contribution in [1.82, 2.24) is 70.1 Å². The van der Waals surface area contributed by atoms with Crippen molar-refractivity contribution in [3.05, 3.63) is 169 Å². The third-order valence-corrected chi connectivity index (χ3v) is 22.4. The fourth-order valence-electron chi connectivity index (χ4n) is 16.6. The second-order valence-corrected chi connectivity index (χ2v) is 35.6. The maximum absolute atomic E-state index is 14.0. The molecule has 0 aliphatic carbocycles. The quantitative estimate of drug-likeness (QED) is 0.0442. The number of benzene rings is 6. The largest absolute Gasteiger partial charge is 0.465 e. The van der Waals surface area contributed by atoms with E-state index in [9.17, 15) is 33.9 Å². The maximum atomic E-state index is 14.0. The Hall–Kier alpha value is -11.4. The number of alkyl carbamates (subject to hydrolysis) is 2. The third kappa shape index (κ3) is 23.1. The number of carboxylic acid groups (broad SMARTS) is 1. The molecule has 6 atom stereocenters. The van der Waals surface area contributed by atoms with Gasteiger partial charge in [-0.3, -0.25) is 19.4 Å². The van der Waals surface area contributed by atoms with Gasteiger partial charge in [-0.1, -0.05) is 159 Å². The van der Waals surface area contributed by atoms with Gasteiger partial charge in [-0.15, -0.1) is 0 Å². The average Bonchev–Trinajstić information content (AvgIpc) is 1.48. The summed E-state index contributed by atoms with van der Waals surface area (Å²) in [7, 11) is 2.62. The van der Waals surface area contributed by atoms with E-state index in [4.69, 9.17) is 33.7 Å². The number of aromatic amines is 4. The van der Waals surface area contributed by atoms with E-state index in [1.807, 2.05) is 49.2 Å². The van der Waals surface area contributed by atoms with Crippen molar-refractivity contribution in [2.75, 3.05) is 66.8 Å². The third-order valence-electron chi connectivity index (χ3n) is 22.4. The molecule has 0 radical (unpaired) electrons. The fraction of sp³-hybridized carbons (Fsp3) is 0.479. The number of rotatable bonds is 16. The highest BCUT2D eigenvalue weighted by Gasteiger charge is 2.43. The van der Waals surface area contributed by atoms with Crippen molar-refractivity contribution in [3.8, 4) is 67.3 Å². The summed E-state index contributed by atoms with van der Waals surface area (Å²) in [6.45, 7) is 29.8. The van der Waals surface area contributed by atoms with E-state index in [1.54, 1.807) is 11.1 Å². The number of amides is 6. The van der Waals surface area contributed by atoms with E-state index >= 15 is 0 Å². The van der Waals surface area contributed by atoms with Crippen LogP contribution in [0.5, 0.6) is 0 Å². The van der Waals surface area contributed by atoms with Gasteiger partial charge in [0.05, 0.1) is 86.0 Å². The molecule has 650 valence electrons. The number of carbonyl (C=O) groups excluding carboxylic acids is 5. The van der Waals surface area contributed by atoms with Gasteiger partial charge in [0.2, 0.25) is 11.8 Å². The molecule has 6 aliphatic rings. The highest BCUT2D eigenvalue weighted by Crippen LogP contribution is 2.40. The number of likely N-dealkylation sites (tertiary alicyclic amines) is 4. The van der Waals surface area contributed by atoms with Crippen LogP contribution < -0.4 is 10.6 Å². The summed E-state index contributed by atoms with van der Waals surface area (Å²) in [6.07, 6.45) is 14.3. The number of fused-ring (bicyclic) bond motifs is 2. The molecule has 6 aliphatic heterocycles. The summed E-state index contributed by atoms with van der Waals surface area (Å²) in [5.41, 5.74) is 11.4. The minimum Gasteiger partial charge on any atom is -0.465 e. The number of nitrogens with zero attached hydrogens (tertiary/aromatic N) is 8. The monoisotopic (exact) mass is 1660 g/mol. The van der Waals surface area contributed by atoms with Crippen molar-refractivity contribution >= 4 is 57.7 Å². The SMILES string of the molecule is CC(C)C.CC(C)C.CC(C)C.COC(=O)NC(C(=O)N1CCCC1c1ncc(-c2ccc(-c3ccc4cc(-c5cnc(C6CCCN6C(=O)O)[nH]5)ccc4c3)cc2)[nH]1)C1CCOCC1.COC(=O)NC(C(=O)N1CCCC1c1ncc(-c2ccc(-c3ccc4cc(-c5cnc(C6CCCN6C(=O)OC(C)(C)C)[nH]5)ccc4c3)cc2)[nH]1)C1CCOCC1. The lowest BCUT2D eigenvalue weighted by molar-refractivity contribution is -0.137. The molecular formula is C96H124N14O12. The number of aromatic nitrogens is 8. The van der Waals surface area contributed by atoms with E-state index in [-0.39, 0.29) is 53.9 Å². The van der Waals surface area contributed by atoms with E-state index in [1.165, 1.54) is 19.1 Å². The van der Waals surface area contributed by atoms with Crippen molar-refractivity contribution < 1.29 is 57.6 Å². The molecule has 6 amide bonds. The molecule has 6 saturated heterocycles. The van der Waals surface area contributed by atoms with Crippen molar-refractivity contribution in [2.45, 2.75) is 202 Å². The van der Waals surface area contributed by atoms with Gasteiger partial charge in [0, 0.05) is 63.7 Å². The summed E-state index contributed by atoms with van der Waals surface area (Å²) in [5.74, 6) is 5.19. The number of hydrogen-bond donors (Lipinski definition) is 7. The average molecular weight is 1670 g/mol. The van der Waals surface area contributed by atoms with Gasteiger partial charge in [0.1, 0.15) is 41.0 Å². The standard InChI is InChI=1S/C44H51N7O6.C40H43N7O6.3C4H10/c1-44(2,3)57-43(54)51-20-6-8-37(51)40-46-26-35(48-40)33-16-15-31-23-30(13-14-32(31)24-33)27-9-11-28(12-10-27)34-25-45-39(47-34)36-7-5-19-50(36)41(52)38(49-42(53)55-4)29-17-21-56-22-18-29;1-52-39(49)45-35(26-14-18-53-19-15-26)38(48)46-16-2-4-33(46)36-41-22-31(43-36)25-8-6-24(7-9-25)27-10-11-29-21-30(13-12-28(29)20-27)32-23-42-37(44-32)34-5-3-17-47(34)40(50)51;3*1-4(2)3/h9-16,23-26,29,36-38H,5-8,17-22H2,1-4H3,(H,45,47)(H,46,48)(H,49,53);6-13,20-23,26,33-35H,2-5,14-19H2,1H3,(H,41,43)(H,42,44)(H,45,49)(H,50,51);3*4H,1-3H3. The summed E-state index contributed by atoms with van der Waals surface area (Å²) < 4.78 is 26.4. The molecule has 16 rings (SSSR count). The normalized spacial score (nSPS) is 18.6. The molecule has 6 fully saturated rings. The van der Waals surface area contributed by atoms with Gasteiger partial charge in [-0.25, -0.2) is 39.1 Å². The number of nitrogens with one attached hydrogen (secondary N) is 6. The number of carbonyl (C=O) groups is 6. The van der Waals surface area contributed by atoms with Crippen LogP contribution in [0, 0.1) is 29.6 Å². The summed E-state index contributed by atoms with van der Waals surface area (Å²) in [4.78, 5) is 116. The molecule has 0 spiro atoms. The van der Waals surface area contributed by atoms with E-state index < -0.39 is 36.0 Å². The predicted octanol–water partition coefficient (Wildman–Crippen LogP) is 20.1. The molecule has 10 heterocycles. The Kier molecular flexibility index (Phi) is 30.5. The molecule has 122 heavy (non-hydrogen) atoms. The van der Waals surface area contributed by atoms with E-state index in [0.29, 0.717) is 84.1 Å². The highest BCUT2D eigenvalue weighted by molar-refractivity contribution is 5.93. The zero-order valence-corrected chi connectivity index (χ0v) is 73.4. The van der Waals surface area contributed by atoms with Gasteiger partial charge in [0.25, 0.3) is 0 Å². The number of hydrogen-bond acceptors (Lipinski definition) is 15. The Labute approximate surface area is 716 Å². The lowest BCUT2D eigenvalue weighted by Crippen LogP contribution is -2.53. The van der Waals surface area contributed by atoms with Crippen LogP contribution in [0.3, 0.4) is 0 Å². The number of imidazole rings is 4. The first kappa shape index (κ1) is 89.9. The number of H-pyrrole nitrogens is 4. The lowest BCUT2D eigenvalue weighted by Gasteiger charge is -2.34. The van der Waals surface area contributed by atoms with Crippen LogP contribution in [0.25, 0.3) is 88.8 Å². The Morgan fingerprint density at radius 3 is 0.984 bits per heavy atom. The molecule has 26 heteroatoms. The first-order valence-corrected chi connectivity index (χ1v) is 43.5. The molecule has 26 nitrogen and oxygen atoms in total. The minimum atomic E-state index is -0.912. The molecule has 6 unspecified atom stereocenters. The van der Waals surface area contributed by atoms with Crippen LogP contribution in [0.2, 0.25) is 0 Å². The molecular weight excluding hydrogens is 1540 g/mol. The molecule has 7 N–H and O–H groups in total. The Morgan fingerprint density at radius 1 is 0.393 bits per heavy atom. The molecule has 4 aromatic heterocycles. The molecule has 6 aromatic carbocycles. The second kappa shape index (κ2) is 41.5. The Bertz CT molecular complexity index is 5120. The van der Waals surface area contributed by atoms with Gasteiger partial charge < -0.3 is 69.2 Å². The highest BCUT2D eigenvalue weighted by atomic mass is 16.6. The molecule has 10 aromatic rings. The summed E-state index contributed by atoms with van der Waals surface area (Å²) >= 11 is 0. The summed E-state index contributed by atoms with van der Waals surface area (Å²) in [5, 5.41) is 19.6. The lowest BCUT2D eigenvalue weighted by atomic mass is 9.90. The van der Waals surface area contributed by atoms with Crippen LogP contribution in [0.1, 0.15) is 208 Å². The van der Waals surface area contributed by atoms with Gasteiger partial charge in [-0.2, -0.15) is 0 Å². The zero-order valence-electron chi connectivity index (χ0n) is 73.4. The predicted molar refractivity (Wildman–Crippen MR) is 475 cm³/mol. The first-order chi connectivity index (χ1) is 58.6. The van der Waals surface area contributed by atoms with E-state index in [2.05, 4.69) is 224 Å². The van der Waals surface area contributed by atoms with Gasteiger partial charge >= 0.3 is 24.4 Å². The minimum absolute atomic E-state index is 0.0178. The molecule has 0 saturated carbocycles.